The van der Waals surface area contributed by atoms with E-state index in [1.807, 2.05) is 0 Å². The summed E-state index contributed by atoms with van der Waals surface area (Å²) in [6, 6.07) is 1.22. The van der Waals surface area contributed by atoms with E-state index in [2.05, 4.69) is 9.47 Å². The molecule has 0 heterocycles. The van der Waals surface area contributed by atoms with Gasteiger partial charge in [-0.1, -0.05) is 0 Å². The second-order valence-corrected chi connectivity index (χ2v) is 4.00. The number of carbonyl (C=O) groups is 1. The molecule has 0 unspecified atom stereocenters. The van der Waals surface area contributed by atoms with Crippen LogP contribution in [0.2, 0.25) is 0 Å². The molecule has 0 radical (unpaired) electrons. The monoisotopic (exact) mass is 347 g/mol. The Bertz CT molecular complexity index is 598. The fourth-order valence-corrected chi connectivity index (χ4v) is 1.30. The van der Waals surface area contributed by atoms with Gasteiger partial charge in [0.15, 0.2) is 19.0 Å². The molecule has 0 N–H and O–H groups in total. The van der Waals surface area contributed by atoms with Crippen molar-refractivity contribution in [2.75, 3.05) is 13.2 Å². The van der Waals surface area contributed by atoms with Crippen LogP contribution in [0.3, 0.4) is 0 Å². The van der Waals surface area contributed by atoms with Gasteiger partial charge in [-0.15, -0.1) is 0 Å². The summed E-state index contributed by atoms with van der Waals surface area (Å²) in [6.07, 6.45) is -9.61. The average Bonchev–Trinajstić information content (AvgIpc) is 2.40. The van der Waals surface area contributed by atoms with Gasteiger partial charge in [0.05, 0.1) is 10.5 Å². The van der Waals surface area contributed by atoms with Gasteiger partial charge in [-0.3, -0.25) is 10.1 Å². The lowest BCUT2D eigenvalue weighted by molar-refractivity contribution is -0.386. The van der Waals surface area contributed by atoms with Gasteiger partial charge in [0.25, 0.3) is 0 Å². The number of halogens is 6. The first-order valence-corrected chi connectivity index (χ1v) is 5.61. The highest BCUT2D eigenvalue weighted by atomic mass is 19.4. The third-order valence-electron chi connectivity index (χ3n) is 2.23. The van der Waals surface area contributed by atoms with Crippen LogP contribution in [0.15, 0.2) is 18.2 Å². The number of nitrogens with zero attached hydrogens (tertiary/aromatic N) is 1. The van der Waals surface area contributed by atoms with Crippen LogP contribution in [-0.4, -0.2) is 30.3 Å². The molecule has 0 saturated heterocycles. The van der Waals surface area contributed by atoms with Crippen LogP contribution in [0.4, 0.5) is 32.0 Å². The number of ether oxygens (including phenoxy) is 2. The molecule has 0 aliphatic rings. The summed E-state index contributed by atoms with van der Waals surface area (Å²) in [6.45, 7) is -3.02. The van der Waals surface area contributed by atoms with E-state index in [0.717, 1.165) is 0 Å². The van der Waals surface area contributed by atoms with Crippen molar-refractivity contribution < 1.29 is 45.5 Å². The van der Waals surface area contributed by atoms with Crippen molar-refractivity contribution in [1.29, 1.82) is 0 Å². The first-order chi connectivity index (χ1) is 10.4. The van der Waals surface area contributed by atoms with Gasteiger partial charge in [0, 0.05) is 6.07 Å². The predicted octanol–water partition coefficient (Wildman–Crippen LogP) is 3.10. The Morgan fingerprint density at radius 3 is 2.26 bits per heavy atom. The first kappa shape index (κ1) is 18.5. The Labute approximate surface area is 123 Å². The van der Waals surface area contributed by atoms with Crippen LogP contribution in [0.25, 0.3) is 0 Å². The highest BCUT2D eigenvalue weighted by Gasteiger charge is 2.33. The highest BCUT2D eigenvalue weighted by Crippen LogP contribution is 2.36. The molecular formula is C11H7F6NO5. The van der Waals surface area contributed by atoms with Gasteiger partial charge in [0.2, 0.25) is 0 Å². The lowest BCUT2D eigenvalue weighted by Crippen LogP contribution is -2.23. The van der Waals surface area contributed by atoms with Crippen LogP contribution in [0.5, 0.6) is 5.75 Å². The summed E-state index contributed by atoms with van der Waals surface area (Å²) in [5, 5.41) is 10.7. The topological polar surface area (TPSA) is 78.7 Å². The van der Waals surface area contributed by atoms with E-state index in [9.17, 15) is 41.3 Å². The fraction of sp³-hybridized carbons (Fsp3) is 0.364. The molecule has 0 amide bonds. The molecule has 0 atom stereocenters. The molecule has 128 valence electrons. The van der Waals surface area contributed by atoms with Gasteiger partial charge in [0.1, 0.15) is 0 Å². The molecule has 0 fully saturated rings. The van der Waals surface area contributed by atoms with Crippen molar-refractivity contribution in [2.45, 2.75) is 12.4 Å². The molecule has 0 aromatic heterocycles. The second kappa shape index (κ2) is 6.71. The summed E-state index contributed by atoms with van der Waals surface area (Å²) < 4.78 is 81.0. The number of benzene rings is 1. The predicted molar refractivity (Wildman–Crippen MR) is 60.6 cm³/mol. The van der Waals surface area contributed by atoms with Gasteiger partial charge in [-0.2, -0.15) is 26.3 Å². The van der Waals surface area contributed by atoms with Crippen molar-refractivity contribution in [3.8, 4) is 5.75 Å². The fourth-order valence-electron chi connectivity index (χ4n) is 1.30. The summed E-state index contributed by atoms with van der Waals surface area (Å²) >= 11 is 0. The van der Waals surface area contributed by atoms with E-state index in [0.29, 0.717) is 12.1 Å². The zero-order valence-electron chi connectivity index (χ0n) is 10.9. The van der Waals surface area contributed by atoms with Gasteiger partial charge < -0.3 is 9.47 Å². The summed E-state index contributed by atoms with van der Waals surface area (Å²) in [5.41, 5.74) is -2.42. The van der Waals surface area contributed by atoms with E-state index in [1.165, 1.54) is 0 Å². The van der Waals surface area contributed by atoms with Crippen LogP contribution in [0.1, 0.15) is 5.56 Å². The van der Waals surface area contributed by atoms with Crippen molar-refractivity contribution in [1.82, 2.24) is 0 Å². The minimum atomic E-state index is -4.84. The van der Waals surface area contributed by atoms with Gasteiger partial charge in [-0.25, -0.2) is 4.79 Å². The number of nitro groups is 1. The molecule has 1 aromatic rings. The number of carbonyl (C=O) groups excluding carboxylic acids is 1. The molecule has 6 nitrogen and oxygen atoms in total. The Morgan fingerprint density at radius 1 is 1.17 bits per heavy atom. The Balaban J connectivity index is 2.81. The molecule has 0 aliphatic heterocycles. The maximum Gasteiger partial charge on any atom is 0.422 e. The molecule has 12 heteroatoms. The van der Waals surface area contributed by atoms with Gasteiger partial charge in [-0.05, 0) is 12.1 Å². The number of hydrogen-bond acceptors (Lipinski definition) is 5. The molecule has 0 saturated carbocycles. The smallest absolute Gasteiger partial charge is 0.422 e. The highest BCUT2D eigenvalue weighted by molar-refractivity contribution is 5.71. The lowest BCUT2D eigenvalue weighted by atomic mass is 10.2. The van der Waals surface area contributed by atoms with Crippen molar-refractivity contribution in [3.05, 3.63) is 33.9 Å². The molecular weight excluding hydrogens is 340 g/mol. The minimum Gasteiger partial charge on any atom is -0.475 e. The molecule has 0 bridgehead atoms. The van der Waals surface area contributed by atoms with Crippen molar-refractivity contribution in [2.24, 2.45) is 0 Å². The number of hydrogen-bond donors (Lipinski definition) is 0. The van der Waals surface area contributed by atoms with E-state index in [4.69, 9.17) is 0 Å². The molecule has 0 spiro atoms. The van der Waals surface area contributed by atoms with Gasteiger partial charge >= 0.3 is 24.0 Å². The summed E-state index contributed by atoms with van der Waals surface area (Å²) in [4.78, 5) is 20.5. The van der Waals surface area contributed by atoms with E-state index >= 15 is 0 Å². The summed E-state index contributed by atoms with van der Waals surface area (Å²) in [7, 11) is 0. The maximum absolute atomic E-state index is 12.4. The van der Waals surface area contributed by atoms with E-state index < -0.39 is 53.5 Å². The standard InChI is InChI=1S/C11H7F6NO5/c12-10(13,14)5-23-9(19)4-22-8-2-1-6(11(15,16)17)3-7(8)18(20)21/h1-3H,4-5H2. The Morgan fingerprint density at radius 2 is 1.78 bits per heavy atom. The summed E-state index contributed by atoms with van der Waals surface area (Å²) in [5.74, 6) is -2.21. The average molecular weight is 347 g/mol. The van der Waals surface area contributed by atoms with Crippen LogP contribution >= 0.6 is 0 Å². The van der Waals surface area contributed by atoms with Crippen LogP contribution < -0.4 is 4.74 Å². The second-order valence-electron chi connectivity index (χ2n) is 4.00. The first-order valence-electron chi connectivity index (χ1n) is 5.61. The largest absolute Gasteiger partial charge is 0.475 e. The number of nitro benzene ring substituents is 1. The Kier molecular flexibility index (Phi) is 5.40. The molecule has 1 rings (SSSR count). The van der Waals surface area contributed by atoms with Crippen LogP contribution in [-0.2, 0) is 15.7 Å². The quantitative estimate of drug-likeness (QED) is 0.354. The van der Waals surface area contributed by atoms with Crippen molar-refractivity contribution in [3.63, 3.8) is 0 Å². The van der Waals surface area contributed by atoms with E-state index in [-0.39, 0.29) is 6.07 Å². The number of alkyl halides is 6. The SMILES string of the molecule is O=C(COc1ccc(C(F)(F)F)cc1[N+](=O)[O-])OCC(F)(F)F. The maximum atomic E-state index is 12.4. The number of rotatable bonds is 5. The minimum absolute atomic E-state index is 0.177. The Hall–Kier alpha value is -2.53. The van der Waals surface area contributed by atoms with Crippen molar-refractivity contribution >= 4 is 11.7 Å². The molecule has 23 heavy (non-hydrogen) atoms. The zero-order chi connectivity index (χ0) is 17.8. The van der Waals surface area contributed by atoms with Crippen LogP contribution in [0, 0.1) is 10.1 Å². The zero-order valence-corrected chi connectivity index (χ0v) is 10.9. The normalized spacial score (nSPS) is 11.9. The number of esters is 1. The molecule has 1 aromatic carbocycles. The third kappa shape index (κ3) is 6.00. The van der Waals surface area contributed by atoms with E-state index in [1.54, 1.807) is 0 Å². The lowest BCUT2D eigenvalue weighted by Gasteiger charge is -2.10. The third-order valence-corrected chi connectivity index (χ3v) is 2.23. The molecule has 0 aliphatic carbocycles.